The van der Waals surface area contributed by atoms with Crippen molar-refractivity contribution >= 4 is 5.91 Å². The maximum atomic E-state index is 11.3. The molecule has 2 unspecified atom stereocenters. The van der Waals surface area contributed by atoms with Crippen molar-refractivity contribution in [3.63, 3.8) is 0 Å². The molecule has 5 nitrogen and oxygen atoms in total. The molecule has 0 radical (unpaired) electrons. The van der Waals surface area contributed by atoms with Crippen LogP contribution in [0.1, 0.15) is 49.2 Å². The second kappa shape index (κ2) is 5.54. The summed E-state index contributed by atoms with van der Waals surface area (Å²) in [6.07, 6.45) is 5.09. The lowest BCUT2D eigenvalue weighted by atomic mass is 10.1. The van der Waals surface area contributed by atoms with Crippen molar-refractivity contribution < 1.29 is 9.21 Å². The number of nitrogen functional groups attached to an aromatic ring is 1. The van der Waals surface area contributed by atoms with E-state index < -0.39 is 0 Å². The van der Waals surface area contributed by atoms with Crippen LogP contribution in [0.2, 0.25) is 0 Å². The Bertz CT molecular complexity index is 416. The fourth-order valence-corrected chi connectivity index (χ4v) is 2.69. The number of hydrogen-bond donors (Lipinski definition) is 2. The van der Waals surface area contributed by atoms with Gasteiger partial charge in [-0.2, -0.15) is 0 Å². The fourth-order valence-electron chi connectivity index (χ4n) is 2.69. The lowest BCUT2D eigenvalue weighted by Crippen LogP contribution is -2.33. The largest absolute Gasteiger partial charge is 0.467 e. The van der Waals surface area contributed by atoms with Crippen molar-refractivity contribution in [2.45, 2.75) is 51.7 Å². The van der Waals surface area contributed by atoms with E-state index in [0.717, 1.165) is 18.7 Å². The summed E-state index contributed by atoms with van der Waals surface area (Å²) in [6, 6.07) is 2.96. The van der Waals surface area contributed by atoms with Gasteiger partial charge in [-0.25, -0.2) is 5.84 Å². The highest BCUT2D eigenvalue weighted by Crippen LogP contribution is 2.28. The molecule has 1 fully saturated rings. The summed E-state index contributed by atoms with van der Waals surface area (Å²) < 4.78 is 5.43. The van der Waals surface area contributed by atoms with Gasteiger partial charge in [-0.1, -0.05) is 6.92 Å². The molecule has 5 heteroatoms. The maximum absolute atomic E-state index is 11.3. The third-order valence-electron chi connectivity index (χ3n) is 3.81. The van der Waals surface area contributed by atoms with Crippen LogP contribution in [0.5, 0.6) is 0 Å². The van der Waals surface area contributed by atoms with Crippen molar-refractivity contribution in [1.29, 1.82) is 0 Å². The standard InChI is InChI=1S/C13H21N3O2/c1-3-11-5-4-9(2)16(11)7-12-6-10(8-18-12)13(17)15-14/h6,8-9,11H,3-5,7,14H2,1-2H3,(H,15,17). The number of likely N-dealkylation sites (tertiary alicyclic amines) is 1. The molecule has 0 aliphatic carbocycles. The molecular formula is C13H21N3O2. The number of hydrazine groups is 1. The second-order valence-electron chi connectivity index (χ2n) is 4.94. The lowest BCUT2D eigenvalue weighted by Gasteiger charge is -2.26. The van der Waals surface area contributed by atoms with Crippen molar-refractivity contribution in [3.05, 3.63) is 23.7 Å². The zero-order valence-electron chi connectivity index (χ0n) is 11.0. The van der Waals surface area contributed by atoms with Gasteiger partial charge < -0.3 is 4.42 Å². The summed E-state index contributed by atoms with van der Waals surface area (Å²) in [5, 5.41) is 0. The van der Waals surface area contributed by atoms with E-state index in [1.807, 2.05) is 0 Å². The molecular weight excluding hydrogens is 230 g/mol. The van der Waals surface area contributed by atoms with E-state index in [0.29, 0.717) is 17.6 Å². The maximum Gasteiger partial charge on any atom is 0.268 e. The third kappa shape index (κ3) is 2.57. The molecule has 0 bridgehead atoms. The number of nitrogens with one attached hydrogen (secondary N) is 1. The van der Waals surface area contributed by atoms with Gasteiger partial charge in [0.2, 0.25) is 0 Å². The topological polar surface area (TPSA) is 71.5 Å². The molecule has 100 valence electrons. The van der Waals surface area contributed by atoms with Gasteiger partial charge in [0.25, 0.3) is 5.91 Å². The molecule has 2 heterocycles. The molecule has 1 aromatic rings. The van der Waals surface area contributed by atoms with Gasteiger partial charge in [0, 0.05) is 12.1 Å². The molecule has 2 rings (SSSR count). The average Bonchev–Trinajstić information content (AvgIpc) is 2.97. The number of nitrogens with two attached hydrogens (primary N) is 1. The summed E-state index contributed by atoms with van der Waals surface area (Å²) in [4.78, 5) is 13.8. The highest BCUT2D eigenvalue weighted by atomic mass is 16.3. The van der Waals surface area contributed by atoms with E-state index >= 15 is 0 Å². The van der Waals surface area contributed by atoms with Crippen molar-refractivity contribution in [2.24, 2.45) is 5.84 Å². The van der Waals surface area contributed by atoms with E-state index in [2.05, 4.69) is 24.2 Å². The molecule has 3 N–H and O–H groups in total. The minimum Gasteiger partial charge on any atom is -0.467 e. The number of hydrogen-bond acceptors (Lipinski definition) is 4. The van der Waals surface area contributed by atoms with Crippen LogP contribution in [0.4, 0.5) is 0 Å². The Balaban J connectivity index is 2.04. The van der Waals surface area contributed by atoms with Crippen LogP contribution >= 0.6 is 0 Å². The predicted molar refractivity (Wildman–Crippen MR) is 68.7 cm³/mol. The van der Waals surface area contributed by atoms with Gasteiger partial charge in [0.05, 0.1) is 12.1 Å². The monoisotopic (exact) mass is 251 g/mol. The first kappa shape index (κ1) is 13.1. The molecule has 0 saturated carbocycles. The van der Waals surface area contributed by atoms with E-state index in [1.165, 1.54) is 19.1 Å². The Morgan fingerprint density at radius 1 is 1.61 bits per heavy atom. The van der Waals surface area contributed by atoms with Crippen molar-refractivity contribution in [2.75, 3.05) is 0 Å². The molecule has 1 amide bonds. The first-order valence-corrected chi connectivity index (χ1v) is 6.49. The molecule has 18 heavy (non-hydrogen) atoms. The number of carbonyl (C=O) groups excluding carboxylic acids is 1. The summed E-state index contributed by atoms with van der Waals surface area (Å²) in [5.41, 5.74) is 2.58. The van der Waals surface area contributed by atoms with Crippen LogP contribution in [0.15, 0.2) is 16.7 Å². The van der Waals surface area contributed by atoms with Crippen LogP contribution in [-0.2, 0) is 6.54 Å². The summed E-state index contributed by atoms with van der Waals surface area (Å²) in [6.45, 7) is 5.22. The SMILES string of the molecule is CCC1CCC(C)N1Cc1cc(C(=O)NN)co1. The molecule has 1 saturated heterocycles. The van der Waals surface area contributed by atoms with Crippen molar-refractivity contribution in [3.8, 4) is 0 Å². The van der Waals surface area contributed by atoms with E-state index in [9.17, 15) is 4.79 Å². The summed E-state index contributed by atoms with van der Waals surface area (Å²) >= 11 is 0. The Morgan fingerprint density at radius 2 is 2.39 bits per heavy atom. The minimum absolute atomic E-state index is 0.313. The van der Waals surface area contributed by atoms with Crippen molar-refractivity contribution in [1.82, 2.24) is 10.3 Å². The van der Waals surface area contributed by atoms with Gasteiger partial charge in [-0.3, -0.25) is 15.1 Å². The van der Waals surface area contributed by atoms with E-state index in [1.54, 1.807) is 6.07 Å². The summed E-state index contributed by atoms with van der Waals surface area (Å²) in [5.74, 6) is 5.60. The van der Waals surface area contributed by atoms with Gasteiger partial charge in [0.1, 0.15) is 12.0 Å². The normalized spacial score (nSPS) is 24.4. The Labute approximate surface area is 107 Å². The molecule has 1 aliphatic rings. The van der Waals surface area contributed by atoms with Crippen LogP contribution in [0.25, 0.3) is 0 Å². The first-order valence-electron chi connectivity index (χ1n) is 6.49. The summed E-state index contributed by atoms with van der Waals surface area (Å²) in [7, 11) is 0. The number of rotatable bonds is 4. The lowest BCUT2D eigenvalue weighted by molar-refractivity contribution is 0.0953. The number of nitrogens with zero attached hydrogens (tertiary/aromatic N) is 1. The Morgan fingerprint density at radius 3 is 3.06 bits per heavy atom. The minimum atomic E-state index is -0.313. The van der Waals surface area contributed by atoms with Gasteiger partial charge >= 0.3 is 0 Å². The predicted octanol–water partition coefficient (Wildman–Crippen LogP) is 1.65. The van der Waals surface area contributed by atoms with E-state index in [4.69, 9.17) is 10.3 Å². The Kier molecular flexibility index (Phi) is 4.04. The highest BCUT2D eigenvalue weighted by molar-refractivity contribution is 5.93. The molecule has 0 spiro atoms. The zero-order valence-corrected chi connectivity index (χ0v) is 11.0. The first-order chi connectivity index (χ1) is 8.65. The van der Waals surface area contributed by atoms with Crippen LogP contribution in [0, 0.1) is 0 Å². The van der Waals surface area contributed by atoms with Crippen LogP contribution in [-0.4, -0.2) is 22.9 Å². The quantitative estimate of drug-likeness (QED) is 0.485. The van der Waals surface area contributed by atoms with E-state index in [-0.39, 0.29) is 5.91 Å². The average molecular weight is 251 g/mol. The second-order valence-corrected chi connectivity index (χ2v) is 4.94. The molecule has 2 atom stereocenters. The fraction of sp³-hybridized carbons (Fsp3) is 0.615. The van der Waals surface area contributed by atoms with Gasteiger partial charge in [0.15, 0.2) is 0 Å². The van der Waals surface area contributed by atoms with Gasteiger partial charge in [-0.15, -0.1) is 0 Å². The zero-order chi connectivity index (χ0) is 13.1. The highest BCUT2D eigenvalue weighted by Gasteiger charge is 2.29. The third-order valence-corrected chi connectivity index (χ3v) is 3.81. The molecule has 1 aromatic heterocycles. The smallest absolute Gasteiger partial charge is 0.268 e. The molecule has 1 aliphatic heterocycles. The number of carbonyl (C=O) groups is 1. The van der Waals surface area contributed by atoms with Gasteiger partial charge in [-0.05, 0) is 32.3 Å². The number of furan rings is 1. The van der Waals surface area contributed by atoms with Crippen LogP contribution in [0.3, 0.4) is 0 Å². The Hall–Kier alpha value is -1.33. The number of amides is 1. The van der Waals surface area contributed by atoms with Crippen LogP contribution < -0.4 is 11.3 Å². The molecule has 0 aromatic carbocycles.